The van der Waals surface area contributed by atoms with Gasteiger partial charge in [0.2, 0.25) is 6.54 Å². The molecule has 5 heteroatoms. The molecule has 0 amide bonds. The lowest BCUT2D eigenvalue weighted by Gasteiger charge is -2.44. The number of nitrogens with zero attached hydrogens (tertiary/aromatic N) is 2. The summed E-state index contributed by atoms with van der Waals surface area (Å²) >= 11 is 0. The first-order valence-electron chi connectivity index (χ1n) is 7.48. The molecule has 3 aliphatic rings. The molecule has 108 valence electrons. The van der Waals surface area contributed by atoms with Crippen LogP contribution in [0.2, 0.25) is 0 Å². The summed E-state index contributed by atoms with van der Waals surface area (Å²) in [6.45, 7) is 6.40. The molecule has 20 heavy (non-hydrogen) atoms. The molecule has 0 aliphatic carbocycles. The second kappa shape index (κ2) is 5.40. The highest BCUT2D eigenvalue weighted by Gasteiger charge is 2.43. The Morgan fingerprint density at radius 2 is 2.40 bits per heavy atom. The maximum absolute atomic E-state index is 11.8. The van der Waals surface area contributed by atoms with Crippen molar-refractivity contribution in [2.24, 2.45) is 11.8 Å². The molecule has 3 unspecified atom stereocenters. The molecule has 0 aromatic carbocycles. The van der Waals surface area contributed by atoms with Crippen LogP contribution in [0.4, 0.5) is 0 Å². The third-order valence-corrected chi connectivity index (χ3v) is 4.26. The molecule has 1 saturated heterocycles. The summed E-state index contributed by atoms with van der Waals surface area (Å²) in [6, 6.07) is 0. The molecular weight excluding hydrogens is 252 g/mol. The summed E-state index contributed by atoms with van der Waals surface area (Å²) < 4.78 is 1.18. The minimum absolute atomic E-state index is 0.168. The summed E-state index contributed by atoms with van der Waals surface area (Å²) in [7, 11) is 0. The average molecular weight is 275 g/mol. The molecular formula is C15H23N4O+. The van der Waals surface area contributed by atoms with Crippen molar-refractivity contribution >= 4 is 0 Å². The van der Waals surface area contributed by atoms with E-state index in [1.165, 1.54) is 15.9 Å². The highest BCUT2D eigenvalue weighted by Crippen LogP contribution is 2.39. The fourth-order valence-electron chi connectivity index (χ4n) is 3.46. The summed E-state index contributed by atoms with van der Waals surface area (Å²) in [4.78, 5) is 11.8. The zero-order valence-electron chi connectivity index (χ0n) is 12.2. The van der Waals surface area contributed by atoms with Crippen LogP contribution < -0.4 is 10.7 Å². The van der Waals surface area contributed by atoms with Crippen molar-refractivity contribution in [1.29, 1.82) is 0 Å². The second-order valence-corrected chi connectivity index (χ2v) is 5.89. The fraction of sp³-hybridized carbons (Fsp3) is 0.600. The first-order valence-corrected chi connectivity index (χ1v) is 7.48. The second-order valence-electron chi connectivity index (χ2n) is 5.89. The van der Waals surface area contributed by atoms with Gasteiger partial charge in [0.1, 0.15) is 6.17 Å². The quantitative estimate of drug-likeness (QED) is 0.767. The van der Waals surface area contributed by atoms with Gasteiger partial charge in [0.15, 0.2) is 6.54 Å². The van der Waals surface area contributed by atoms with Crippen LogP contribution in [0.5, 0.6) is 0 Å². The van der Waals surface area contributed by atoms with E-state index >= 15 is 0 Å². The maximum atomic E-state index is 11.8. The number of rotatable bonds is 3. The Morgan fingerprint density at radius 1 is 1.55 bits per heavy atom. The monoisotopic (exact) mass is 275 g/mol. The van der Waals surface area contributed by atoms with E-state index in [0.29, 0.717) is 24.9 Å². The van der Waals surface area contributed by atoms with Gasteiger partial charge in [0.05, 0.1) is 0 Å². The predicted octanol–water partition coefficient (Wildman–Crippen LogP) is 1.51. The van der Waals surface area contributed by atoms with Gasteiger partial charge in [-0.15, -0.1) is 0 Å². The molecule has 1 fully saturated rings. The number of dihydropyridines is 1. The zero-order valence-corrected chi connectivity index (χ0v) is 12.2. The van der Waals surface area contributed by atoms with Crippen LogP contribution in [0, 0.1) is 16.7 Å². The van der Waals surface area contributed by atoms with Crippen molar-refractivity contribution in [2.75, 3.05) is 19.6 Å². The van der Waals surface area contributed by atoms with Gasteiger partial charge in [-0.25, -0.2) is 5.43 Å². The Bertz CT molecular complexity index is 494. The molecule has 3 heterocycles. The summed E-state index contributed by atoms with van der Waals surface area (Å²) in [5, 5.41) is 5.54. The molecule has 3 aliphatic heterocycles. The van der Waals surface area contributed by atoms with E-state index < -0.39 is 0 Å². The number of allylic oxidation sites excluding steroid dienone is 2. The number of fused-ring (bicyclic) bond motifs is 3. The number of hydrazine groups is 1. The molecule has 3 atom stereocenters. The lowest BCUT2D eigenvalue weighted by Crippen LogP contribution is -2.56. The van der Waals surface area contributed by atoms with Gasteiger partial charge in [-0.2, -0.15) is 0 Å². The predicted molar refractivity (Wildman–Crippen MR) is 78.4 cm³/mol. The van der Waals surface area contributed by atoms with Crippen molar-refractivity contribution in [1.82, 2.24) is 15.8 Å². The van der Waals surface area contributed by atoms with Crippen LogP contribution >= 0.6 is 0 Å². The van der Waals surface area contributed by atoms with Gasteiger partial charge < -0.3 is 5.32 Å². The Morgan fingerprint density at radius 3 is 3.20 bits per heavy atom. The van der Waals surface area contributed by atoms with Gasteiger partial charge in [-0.05, 0) is 24.3 Å². The molecule has 0 bridgehead atoms. The van der Waals surface area contributed by atoms with E-state index in [-0.39, 0.29) is 6.17 Å². The molecule has 0 radical (unpaired) electrons. The SMILES string of the molecule is CCCNN1C=C2C[N+](=O)CC(C)C2C2=CC=CNC21. The minimum atomic E-state index is 0.168. The number of hydrogen-bond donors (Lipinski definition) is 2. The van der Waals surface area contributed by atoms with E-state index in [1.54, 1.807) is 0 Å². The summed E-state index contributed by atoms with van der Waals surface area (Å²) in [5.74, 6) is 0.755. The van der Waals surface area contributed by atoms with Crippen LogP contribution in [0.3, 0.4) is 0 Å². The first-order chi connectivity index (χ1) is 9.70. The number of piperidine rings is 1. The zero-order chi connectivity index (χ0) is 14.1. The Balaban J connectivity index is 1.94. The standard InChI is InChI=1S/C15H23N4O/c1-3-6-17-19-10-12-9-18(20)8-11(2)14(12)13-5-4-7-16-15(13)19/h4-5,7,10-11,14-17H,3,6,8-9H2,1-2H3/q+1. The highest BCUT2D eigenvalue weighted by molar-refractivity contribution is 5.36. The summed E-state index contributed by atoms with van der Waals surface area (Å²) in [5.41, 5.74) is 6.03. The lowest BCUT2D eigenvalue weighted by molar-refractivity contribution is -0.557. The van der Waals surface area contributed by atoms with E-state index in [1.807, 2.05) is 6.20 Å². The topological polar surface area (TPSA) is 47.4 Å². The smallest absolute Gasteiger partial charge is 0.215 e. The van der Waals surface area contributed by atoms with Crippen LogP contribution in [0.15, 0.2) is 35.7 Å². The summed E-state index contributed by atoms with van der Waals surface area (Å²) in [6.07, 6.45) is 9.63. The normalized spacial score (nSPS) is 32.0. The van der Waals surface area contributed by atoms with Crippen LogP contribution in [0.1, 0.15) is 20.3 Å². The molecule has 3 rings (SSSR count). The van der Waals surface area contributed by atoms with Gasteiger partial charge in [0, 0.05) is 39.8 Å². The van der Waals surface area contributed by atoms with Crippen molar-refractivity contribution < 1.29 is 4.76 Å². The Kier molecular flexibility index (Phi) is 3.61. The van der Waals surface area contributed by atoms with Crippen LogP contribution in [-0.2, 0) is 0 Å². The number of nitrogens with one attached hydrogen (secondary N) is 2. The van der Waals surface area contributed by atoms with E-state index in [4.69, 9.17) is 0 Å². The van der Waals surface area contributed by atoms with Crippen molar-refractivity contribution in [2.45, 2.75) is 26.4 Å². The number of hydrogen-bond acceptors (Lipinski definition) is 4. The van der Waals surface area contributed by atoms with Crippen LogP contribution in [0.25, 0.3) is 0 Å². The molecule has 0 saturated carbocycles. The third-order valence-electron chi connectivity index (χ3n) is 4.26. The van der Waals surface area contributed by atoms with Gasteiger partial charge >= 0.3 is 0 Å². The third kappa shape index (κ3) is 2.26. The van der Waals surface area contributed by atoms with Crippen molar-refractivity contribution in [3.8, 4) is 0 Å². The average Bonchev–Trinajstić information content (AvgIpc) is 2.43. The van der Waals surface area contributed by atoms with E-state index in [2.05, 4.69) is 48.0 Å². The molecule has 0 aromatic heterocycles. The van der Waals surface area contributed by atoms with E-state index in [9.17, 15) is 4.91 Å². The Labute approximate surface area is 119 Å². The fourth-order valence-corrected chi connectivity index (χ4v) is 3.46. The molecule has 5 nitrogen and oxygen atoms in total. The minimum Gasteiger partial charge on any atom is -0.367 e. The largest absolute Gasteiger partial charge is 0.367 e. The first kappa shape index (κ1) is 13.4. The molecule has 0 spiro atoms. The highest BCUT2D eigenvalue weighted by atomic mass is 16.3. The number of nitroso groups, excluding NO2 is 1. The molecule has 2 N–H and O–H groups in total. The van der Waals surface area contributed by atoms with Crippen LogP contribution in [-0.4, -0.2) is 35.6 Å². The van der Waals surface area contributed by atoms with E-state index in [0.717, 1.165) is 13.0 Å². The van der Waals surface area contributed by atoms with Crippen molar-refractivity contribution in [3.05, 3.63) is 40.6 Å². The van der Waals surface area contributed by atoms with Gasteiger partial charge in [0.25, 0.3) is 0 Å². The van der Waals surface area contributed by atoms with Gasteiger partial charge in [-0.3, -0.25) is 5.01 Å². The van der Waals surface area contributed by atoms with Gasteiger partial charge in [-0.1, -0.05) is 19.9 Å². The lowest BCUT2D eigenvalue weighted by atomic mass is 9.75. The molecule has 0 aromatic rings. The van der Waals surface area contributed by atoms with Crippen molar-refractivity contribution in [3.63, 3.8) is 0 Å². The Hall–Kier alpha value is -1.62. The maximum Gasteiger partial charge on any atom is 0.215 e.